The molecule has 1 atom stereocenters. The molecule has 0 aliphatic heterocycles. The summed E-state index contributed by atoms with van der Waals surface area (Å²) in [6, 6.07) is 5.51. The van der Waals surface area contributed by atoms with Gasteiger partial charge in [0.2, 0.25) is 10.0 Å². The van der Waals surface area contributed by atoms with E-state index < -0.39 is 10.0 Å². The Labute approximate surface area is 131 Å². The van der Waals surface area contributed by atoms with Gasteiger partial charge >= 0.3 is 0 Å². The molecule has 21 heavy (non-hydrogen) atoms. The van der Waals surface area contributed by atoms with Gasteiger partial charge < -0.3 is 5.32 Å². The molecule has 0 aromatic heterocycles. The number of rotatable bonds is 6. The Bertz CT molecular complexity index is 654. The van der Waals surface area contributed by atoms with Gasteiger partial charge in [-0.2, -0.15) is 0 Å². The fourth-order valence-electron chi connectivity index (χ4n) is 2.32. The van der Waals surface area contributed by atoms with E-state index in [1.807, 2.05) is 0 Å². The van der Waals surface area contributed by atoms with Crippen molar-refractivity contribution in [1.29, 1.82) is 0 Å². The summed E-state index contributed by atoms with van der Waals surface area (Å²) in [7, 11) is -3.47. The first kappa shape index (κ1) is 15.3. The van der Waals surface area contributed by atoms with E-state index in [0.29, 0.717) is 22.5 Å². The predicted octanol–water partition coefficient (Wildman–Crippen LogP) is 2.67. The van der Waals surface area contributed by atoms with Crippen molar-refractivity contribution in [1.82, 2.24) is 10.0 Å². The van der Waals surface area contributed by atoms with Crippen LogP contribution in [0.15, 0.2) is 23.1 Å². The quantitative estimate of drug-likeness (QED) is 0.844. The maximum atomic E-state index is 12.4. The molecule has 2 aliphatic carbocycles. The largest absolute Gasteiger partial charge is 0.310 e. The molecule has 0 heterocycles. The van der Waals surface area contributed by atoms with Crippen LogP contribution < -0.4 is 10.0 Å². The predicted molar refractivity (Wildman–Crippen MR) is 83.8 cm³/mol. The molecule has 2 saturated carbocycles. The highest BCUT2D eigenvalue weighted by Gasteiger charge is 2.47. The summed E-state index contributed by atoms with van der Waals surface area (Å²) in [5.74, 6) is 0. The summed E-state index contributed by atoms with van der Waals surface area (Å²) in [6.45, 7) is 4.74. The average Bonchev–Trinajstić information content (AvgIpc) is 3.28. The van der Waals surface area contributed by atoms with E-state index in [2.05, 4.69) is 23.9 Å². The minimum atomic E-state index is -3.47. The molecule has 2 aliphatic rings. The summed E-state index contributed by atoms with van der Waals surface area (Å²) >= 11 is 6.16. The average molecular weight is 329 g/mol. The number of nitrogens with one attached hydrogen (secondary N) is 2. The maximum Gasteiger partial charge on any atom is 0.240 e. The van der Waals surface area contributed by atoms with E-state index in [-0.39, 0.29) is 11.5 Å². The zero-order chi connectivity index (χ0) is 15.3. The van der Waals surface area contributed by atoms with Crippen molar-refractivity contribution in [3.8, 4) is 0 Å². The second-order valence-electron chi connectivity index (χ2n) is 6.77. The molecular weight excluding hydrogens is 308 g/mol. The Morgan fingerprint density at radius 2 is 2.00 bits per heavy atom. The van der Waals surface area contributed by atoms with Crippen molar-refractivity contribution >= 4 is 21.6 Å². The molecule has 0 bridgehead atoms. The molecule has 0 saturated heterocycles. The van der Waals surface area contributed by atoms with Crippen LogP contribution in [0.4, 0.5) is 0 Å². The Balaban J connectivity index is 1.75. The van der Waals surface area contributed by atoms with Gasteiger partial charge in [-0.15, -0.1) is 0 Å². The lowest BCUT2D eigenvalue weighted by atomic mass is 10.2. The van der Waals surface area contributed by atoms with Gasteiger partial charge in [-0.05, 0) is 48.4 Å². The first-order valence-electron chi connectivity index (χ1n) is 7.32. The molecule has 1 aromatic carbocycles. The zero-order valence-corrected chi connectivity index (χ0v) is 13.9. The van der Waals surface area contributed by atoms with Gasteiger partial charge in [0.05, 0.1) is 4.90 Å². The van der Waals surface area contributed by atoms with Gasteiger partial charge in [0.25, 0.3) is 0 Å². The van der Waals surface area contributed by atoms with Gasteiger partial charge in [0.15, 0.2) is 0 Å². The van der Waals surface area contributed by atoms with E-state index in [1.165, 1.54) is 12.8 Å². The highest BCUT2D eigenvalue weighted by atomic mass is 35.5. The van der Waals surface area contributed by atoms with E-state index in [1.54, 1.807) is 18.2 Å². The van der Waals surface area contributed by atoms with Crippen LogP contribution in [0.5, 0.6) is 0 Å². The number of hydrogen-bond acceptors (Lipinski definition) is 3. The lowest BCUT2D eigenvalue weighted by Crippen LogP contribution is -2.28. The highest BCUT2D eigenvalue weighted by Crippen LogP contribution is 2.45. The molecule has 116 valence electrons. The van der Waals surface area contributed by atoms with Crippen molar-refractivity contribution in [2.24, 2.45) is 5.41 Å². The van der Waals surface area contributed by atoms with Crippen molar-refractivity contribution in [2.75, 3.05) is 0 Å². The fraction of sp³-hybridized carbons (Fsp3) is 0.600. The van der Waals surface area contributed by atoms with Crippen LogP contribution in [0.3, 0.4) is 0 Å². The normalized spacial score (nSPS) is 24.0. The van der Waals surface area contributed by atoms with Crippen LogP contribution in [0, 0.1) is 5.41 Å². The lowest BCUT2D eigenvalue weighted by Gasteiger charge is -2.11. The Morgan fingerprint density at radius 1 is 1.33 bits per heavy atom. The SMILES string of the molecule is CC1(C)CC1NS(=O)(=O)c1ccc(Cl)c(CNC2CC2)c1. The van der Waals surface area contributed by atoms with Gasteiger partial charge in [-0.25, -0.2) is 13.1 Å². The fourth-order valence-corrected chi connectivity index (χ4v) is 3.96. The molecule has 0 spiro atoms. The third-order valence-corrected chi connectivity index (χ3v) is 6.13. The molecule has 2 N–H and O–H groups in total. The van der Waals surface area contributed by atoms with E-state index in [0.717, 1.165) is 12.0 Å². The van der Waals surface area contributed by atoms with Crippen LogP contribution in [0.1, 0.15) is 38.7 Å². The molecular formula is C15H21ClN2O2S. The third kappa shape index (κ3) is 3.59. The molecule has 0 amide bonds. The second-order valence-corrected chi connectivity index (χ2v) is 8.90. The minimum absolute atomic E-state index is 0.0335. The Morgan fingerprint density at radius 3 is 2.57 bits per heavy atom. The summed E-state index contributed by atoms with van der Waals surface area (Å²) in [6.07, 6.45) is 3.26. The Hall–Kier alpha value is -0.620. The number of sulfonamides is 1. The van der Waals surface area contributed by atoms with Gasteiger partial charge in [0.1, 0.15) is 0 Å². The molecule has 1 unspecified atom stereocenters. The van der Waals surface area contributed by atoms with Crippen LogP contribution in [0.2, 0.25) is 5.02 Å². The third-order valence-electron chi connectivity index (χ3n) is 4.30. The molecule has 1 aromatic rings. The number of benzene rings is 1. The summed E-state index contributed by atoms with van der Waals surface area (Å²) < 4.78 is 27.6. The van der Waals surface area contributed by atoms with E-state index in [9.17, 15) is 8.42 Å². The van der Waals surface area contributed by atoms with Crippen molar-refractivity contribution in [2.45, 2.75) is 56.6 Å². The van der Waals surface area contributed by atoms with Crippen molar-refractivity contribution in [3.63, 3.8) is 0 Å². The van der Waals surface area contributed by atoms with Crippen LogP contribution in [-0.2, 0) is 16.6 Å². The molecule has 4 nitrogen and oxygen atoms in total. The molecule has 0 radical (unpaired) electrons. The van der Waals surface area contributed by atoms with Crippen LogP contribution >= 0.6 is 11.6 Å². The van der Waals surface area contributed by atoms with Crippen molar-refractivity contribution < 1.29 is 8.42 Å². The van der Waals surface area contributed by atoms with Crippen LogP contribution in [0.25, 0.3) is 0 Å². The first-order chi connectivity index (χ1) is 9.78. The maximum absolute atomic E-state index is 12.4. The summed E-state index contributed by atoms with van der Waals surface area (Å²) in [4.78, 5) is 0.294. The smallest absolute Gasteiger partial charge is 0.240 e. The molecule has 6 heteroatoms. The summed E-state index contributed by atoms with van der Waals surface area (Å²) in [5.41, 5.74) is 0.900. The molecule has 3 rings (SSSR count). The lowest BCUT2D eigenvalue weighted by molar-refractivity contribution is 0.555. The zero-order valence-electron chi connectivity index (χ0n) is 12.3. The Kier molecular flexibility index (Phi) is 3.81. The molecule has 2 fully saturated rings. The highest BCUT2D eigenvalue weighted by molar-refractivity contribution is 7.89. The number of halogens is 1. The van der Waals surface area contributed by atoms with Gasteiger partial charge in [0, 0.05) is 23.7 Å². The van der Waals surface area contributed by atoms with Crippen LogP contribution in [-0.4, -0.2) is 20.5 Å². The van der Waals surface area contributed by atoms with E-state index >= 15 is 0 Å². The van der Waals surface area contributed by atoms with Gasteiger partial charge in [-0.3, -0.25) is 0 Å². The van der Waals surface area contributed by atoms with Gasteiger partial charge in [-0.1, -0.05) is 25.4 Å². The minimum Gasteiger partial charge on any atom is -0.310 e. The topological polar surface area (TPSA) is 58.2 Å². The van der Waals surface area contributed by atoms with Crippen molar-refractivity contribution in [3.05, 3.63) is 28.8 Å². The standard InChI is InChI=1S/C15H21ClN2O2S/c1-15(2)8-14(15)18-21(19,20)12-5-6-13(16)10(7-12)9-17-11-3-4-11/h5-7,11,14,17-18H,3-4,8-9H2,1-2H3. The second kappa shape index (κ2) is 5.23. The monoisotopic (exact) mass is 328 g/mol. The first-order valence-corrected chi connectivity index (χ1v) is 9.18. The number of hydrogen-bond donors (Lipinski definition) is 2. The van der Waals surface area contributed by atoms with E-state index in [4.69, 9.17) is 11.6 Å². The summed E-state index contributed by atoms with van der Waals surface area (Å²) in [5, 5.41) is 3.96.